The minimum absolute atomic E-state index is 0.0464. The molecule has 1 aromatic heterocycles. The Morgan fingerprint density at radius 1 is 1.23 bits per heavy atom. The molecule has 14 heteroatoms. The van der Waals surface area contributed by atoms with Gasteiger partial charge in [0.25, 0.3) is 15.9 Å². The topological polar surface area (TPSA) is 155 Å². The number of aliphatic hydroxyl groups is 1. The number of sulfonamides is 1. The Labute approximate surface area is 261 Å². The van der Waals surface area contributed by atoms with E-state index in [9.17, 15) is 23.1 Å². The Bertz CT molecular complexity index is 1370. The first-order chi connectivity index (χ1) is 20.7. The van der Waals surface area contributed by atoms with Crippen molar-refractivity contribution in [3.05, 3.63) is 36.3 Å². The highest BCUT2D eigenvalue weighted by Gasteiger charge is 2.33. The van der Waals surface area contributed by atoms with Crippen LogP contribution in [-0.2, 0) is 21.8 Å². The van der Waals surface area contributed by atoms with Crippen LogP contribution in [-0.4, -0.2) is 102 Å². The zero-order valence-corrected chi connectivity index (χ0v) is 27.6. The van der Waals surface area contributed by atoms with Crippen molar-refractivity contribution in [3.63, 3.8) is 0 Å². The number of imidazole rings is 1. The lowest BCUT2D eigenvalue weighted by atomic mass is 10.0. The lowest BCUT2D eigenvalue weighted by Gasteiger charge is -2.35. The number of carbonyl (C=O) groups is 2. The van der Waals surface area contributed by atoms with Gasteiger partial charge in [-0.1, -0.05) is 6.92 Å². The average molecular weight is 637 g/mol. The molecule has 3 amide bonds. The highest BCUT2D eigenvalue weighted by atomic mass is 32.2. The summed E-state index contributed by atoms with van der Waals surface area (Å²) in [6.45, 7) is 9.59. The number of hydrogen-bond donors (Lipinski definition) is 3. The molecule has 1 aromatic carbocycles. The van der Waals surface area contributed by atoms with Crippen LogP contribution in [0.4, 0.5) is 10.5 Å². The molecule has 246 valence electrons. The summed E-state index contributed by atoms with van der Waals surface area (Å²) in [7, 11) is -0.682. The molecule has 13 nitrogen and oxygen atoms in total. The molecule has 4 atom stereocenters. The van der Waals surface area contributed by atoms with Crippen LogP contribution < -0.4 is 15.4 Å². The predicted octanol–water partition coefficient (Wildman–Crippen LogP) is 3.07. The van der Waals surface area contributed by atoms with Crippen LogP contribution in [0.15, 0.2) is 35.7 Å². The number of hydrogen-bond acceptors (Lipinski definition) is 8. The summed E-state index contributed by atoms with van der Waals surface area (Å²) in [6.07, 6.45) is 4.37. The largest absolute Gasteiger partial charge is 0.490 e. The third kappa shape index (κ3) is 9.40. The van der Waals surface area contributed by atoms with Crippen molar-refractivity contribution in [1.82, 2.24) is 24.1 Å². The second kappa shape index (κ2) is 15.7. The van der Waals surface area contributed by atoms with Gasteiger partial charge in [-0.15, -0.1) is 0 Å². The van der Waals surface area contributed by atoms with Crippen LogP contribution in [0.3, 0.4) is 0 Å². The zero-order chi connectivity index (χ0) is 32.6. The minimum atomic E-state index is -3.87. The zero-order valence-electron chi connectivity index (χ0n) is 26.8. The highest BCUT2D eigenvalue weighted by Crippen LogP contribution is 2.29. The molecule has 3 N–H and O–H groups in total. The van der Waals surface area contributed by atoms with E-state index in [0.29, 0.717) is 24.5 Å². The number of nitrogens with zero attached hydrogens (tertiary/aromatic N) is 4. The smallest absolute Gasteiger partial charge is 0.319 e. The Morgan fingerprint density at radius 3 is 2.59 bits per heavy atom. The van der Waals surface area contributed by atoms with E-state index >= 15 is 0 Å². The number of aromatic nitrogens is 2. The van der Waals surface area contributed by atoms with Crippen molar-refractivity contribution in [2.75, 3.05) is 38.7 Å². The number of rotatable bonds is 8. The first kappa shape index (κ1) is 35.3. The molecule has 0 spiro atoms. The van der Waals surface area contributed by atoms with E-state index in [-0.39, 0.29) is 48.3 Å². The SMILES string of the molecule is CC(C)NC(=O)Nc1ccc2c(c1)C(=O)N([C@@H](C)CO)C[C@H](C)[C@H](CN(C)S(=O)(=O)c1cn(C)cn1)OCCCC[C@H](C)O2. The molecular weight excluding hydrogens is 588 g/mol. The lowest BCUT2D eigenvalue weighted by Crippen LogP contribution is -2.48. The number of aryl methyl sites for hydroxylation is 1. The molecule has 1 aliphatic heterocycles. The molecule has 0 radical (unpaired) electrons. The summed E-state index contributed by atoms with van der Waals surface area (Å²) in [5.74, 6) is -0.330. The normalized spacial score (nSPS) is 21.4. The molecule has 0 aliphatic carbocycles. The van der Waals surface area contributed by atoms with E-state index in [1.54, 1.807) is 41.6 Å². The van der Waals surface area contributed by atoms with Crippen LogP contribution in [0.2, 0.25) is 0 Å². The van der Waals surface area contributed by atoms with Crippen LogP contribution >= 0.6 is 0 Å². The number of likely N-dealkylation sites (N-methyl/N-ethyl adjacent to an activating group) is 1. The van der Waals surface area contributed by atoms with Crippen LogP contribution in [0.1, 0.15) is 64.2 Å². The Morgan fingerprint density at radius 2 is 1.95 bits per heavy atom. The van der Waals surface area contributed by atoms with Gasteiger partial charge in [-0.3, -0.25) is 4.79 Å². The van der Waals surface area contributed by atoms with E-state index in [1.807, 2.05) is 27.7 Å². The van der Waals surface area contributed by atoms with E-state index in [2.05, 4.69) is 15.6 Å². The molecule has 0 bridgehead atoms. The van der Waals surface area contributed by atoms with Crippen molar-refractivity contribution in [3.8, 4) is 5.75 Å². The van der Waals surface area contributed by atoms with E-state index in [0.717, 1.165) is 12.8 Å². The maximum absolute atomic E-state index is 14.2. The molecule has 2 aromatic rings. The van der Waals surface area contributed by atoms with Gasteiger partial charge in [-0.25, -0.2) is 18.2 Å². The van der Waals surface area contributed by atoms with Gasteiger partial charge < -0.3 is 34.7 Å². The Hall–Kier alpha value is -3.20. The number of aliphatic hydroxyl groups excluding tert-OH is 1. The fraction of sp³-hybridized carbons (Fsp3) is 0.633. The number of urea groups is 1. The van der Waals surface area contributed by atoms with Gasteiger partial charge in [-0.2, -0.15) is 4.31 Å². The number of fused-ring (bicyclic) bond motifs is 1. The molecule has 0 saturated carbocycles. The molecule has 1 aliphatic rings. The summed E-state index contributed by atoms with van der Waals surface area (Å²) in [6, 6.07) is 3.90. The monoisotopic (exact) mass is 636 g/mol. The van der Waals surface area contributed by atoms with Gasteiger partial charge in [0.1, 0.15) is 5.75 Å². The van der Waals surface area contributed by atoms with Crippen LogP contribution in [0, 0.1) is 5.92 Å². The summed E-state index contributed by atoms with van der Waals surface area (Å²) < 4.78 is 41.8. The molecule has 3 rings (SSSR count). The van der Waals surface area contributed by atoms with Crippen LogP contribution in [0.25, 0.3) is 0 Å². The third-order valence-corrected chi connectivity index (χ3v) is 9.23. The number of carbonyl (C=O) groups excluding carboxylic acids is 2. The second-order valence-electron chi connectivity index (χ2n) is 11.9. The molecule has 2 heterocycles. The van der Waals surface area contributed by atoms with Gasteiger partial charge in [0.15, 0.2) is 5.03 Å². The van der Waals surface area contributed by atoms with Gasteiger partial charge in [0.2, 0.25) is 0 Å². The van der Waals surface area contributed by atoms with Crippen molar-refractivity contribution >= 4 is 27.6 Å². The van der Waals surface area contributed by atoms with E-state index < -0.39 is 34.1 Å². The quantitative estimate of drug-likeness (QED) is 0.399. The predicted molar refractivity (Wildman–Crippen MR) is 167 cm³/mol. The Balaban J connectivity index is 1.96. The number of nitrogens with one attached hydrogen (secondary N) is 2. The van der Waals surface area contributed by atoms with Crippen molar-refractivity contribution in [1.29, 1.82) is 0 Å². The van der Waals surface area contributed by atoms with Gasteiger partial charge >= 0.3 is 6.03 Å². The Kier molecular flexibility index (Phi) is 12.6. The van der Waals surface area contributed by atoms with Crippen molar-refractivity contribution in [2.24, 2.45) is 13.0 Å². The number of anilines is 1. The average Bonchev–Trinajstić information content (AvgIpc) is 3.41. The third-order valence-electron chi connectivity index (χ3n) is 7.52. The standard InChI is InChI=1S/C30H48N6O7S/c1-20(2)32-30(39)33-24-11-12-26-25(14-24)29(38)36(22(4)18-37)15-21(3)27(42-13-9-8-10-23(5)43-26)16-35(7)44(40,41)28-17-34(6)19-31-28/h11-12,14,17,19-23,27,37H,8-10,13,15-16,18H2,1-7H3,(H2,32,33,39)/t21-,22-,23-,27-/m0/s1. The highest BCUT2D eigenvalue weighted by molar-refractivity contribution is 7.89. The minimum Gasteiger partial charge on any atom is -0.490 e. The van der Waals surface area contributed by atoms with Gasteiger partial charge in [0, 0.05) is 57.6 Å². The first-order valence-corrected chi connectivity index (χ1v) is 16.5. The number of ether oxygens (including phenoxy) is 2. The maximum atomic E-state index is 14.2. The molecule has 0 unspecified atom stereocenters. The van der Waals surface area contributed by atoms with E-state index in [4.69, 9.17) is 9.47 Å². The van der Waals surface area contributed by atoms with Crippen molar-refractivity contribution in [2.45, 2.75) is 83.2 Å². The van der Waals surface area contributed by atoms with Gasteiger partial charge in [-0.05, 0) is 65.2 Å². The molecule has 0 saturated heterocycles. The fourth-order valence-electron chi connectivity index (χ4n) is 4.93. The number of amides is 3. The van der Waals surface area contributed by atoms with Crippen molar-refractivity contribution < 1.29 is 32.6 Å². The molecule has 44 heavy (non-hydrogen) atoms. The summed E-state index contributed by atoms with van der Waals surface area (Å²) >= 11 is 0. The fourth-order valence-corrected chi connectivity index (χ4v) is 6.07. The molecular formula is C30H48N6O7S. The summed E-state index contributed by atoms with van der Waals surface area (Å²) in [5, 5.41) is 15.6. The van der Waals surface area contributed by atoms with Crippen LogP contribution in [0.5, 0.6) is 5.75 Å². The lowest BCUT2D eigenvalue weighted by molar-refractivity contribution is -0.00835. The summed E-state index contributed by atoms with van der Waals surface area (Å²) in [5.41, 5.74) is 0.663. The van der Waals surface area contributed by atoms with Gasteiger partial charge in [0.05, 0.1) is 36.7 Å². The second-order valence-corrected chi connectivity index (χ2v) is 13.9. The first-order valence-electron chi connectivity index (χ1n) is 15.1. The molecule has 0 fully saturated rings. The van der Waals surface area contributed by atoms with E-state index in [1.165, 1.54) is 23.9 Å². The maximum Gasteiger partial charge on any atom is 0.319 e. The summed E-state index contributed by atoms with van der Waals surface area (Å²) in [4.78, 5) is 32.2. The number of benzene rings is 1.